The van der Waals surface area contributed by atoms with Gasteiger partial charge in [0.25, 0.3) is 0 Å². The number of thioether (sulfide) groups is 1. The van der Waals surface area contributed by atoms with E-state index in [0.29, 0.717) is 6.61 Å². The van der Waals surface area contributed by atoms with Gasteiger partial charge in [0.1, 0.15) is 12.4 Å². The molecule has 102 valence electrons. The minimum atomic E-state index is -0.408. The quantitative estimate of drug-likeness (QED) is 0.534. The number of benzene rings is 1. The highest BCUT2D eigenvalue weighted by Crippen LogP contribution is 2.14. The van der Waals surface area contributed by atoms with Gasteiger partial charge in [0.2, 0.25) is 0 Å². The molecule has 0 saturated heterocycles. The zero-order valence-electron chi connectivity index (χ0n) is 11.0. The van der Waals surface area contributed by atoms with Crippen LogP contribution in [0.15, 0.2) is 24.3 Å². The maximum absolute atomic E-state index is 9.75. The molecule has 0 aliphatic heterocycles. The molecule has 18 heavy (non-hydrogen) atoms. The van der Waals surface area contributed by atoms with Gasteiger partial charge >= 0.3 is 0 Å². The maximum atomic E-state index is 9.75. The highest BCUT2D eigenvalue weighted by Gasteiger charge is 2.05. The van der Waals surface area contributed by atoms with E-state index in [9.17, 15) is 5.11 Å². The monoisotopic (exact) mass is 269 g/mol. The van der Waals surface area contributed by atoms with Gasteiger partial charge < -0.3 is 15.6 Å². The summed E-state index contributed by atoms with van der Waals surface area (Å²) in [6.07, 6.45) is 3.33. The Morgan fingerprint density at radius 1 is 1.28 bits per heavy atom. The first kappa shape index (κ1) is 15.2. The Kier molecular flexibility index (Phi) is 7.69. The normalized spacial score (nSPS) is 12.3. The zero-order valence-corrected chi connectivity index (χ0v) is 11.8. The van der Waals surface area contributed by atoms with Gasteiger partial charge in [0.15, 0.2) is 0 Å². The molecule has 1 unspecified atom stereocenters. The number of hydrogen-bond donors (Lipinski definition) is 2. The van der Waals surface area contributed by atoms with Crippen molar-refractivity contribution in [2.75, 3.05) is 23.8 Å². The Balaban J connectivity index is 2.09. The fourth-order valence-electron chi connectivity index (χ4n) is 1.48. The molecule has 0 aliphatic rings. The maximum Gasteiger partial charge on any atom is 0.119 e. The molecule has 1 atom stereocenters. The Labute approximate surface area is 114 Å². The summed E-state index contributed by atoms with van der Waals surface area (Å²) in [5.74, 6) is 2.60. The van der Waals surface area contributed by atoms with Crippen LogP contribution in [0.1, 0.15) is 26.2 Å². The number of aliphatic hydroxyl groups is 1. The standard InChI is InChI=1S/C14H23NO2S/c1-2-3-4-9-18-11-13(16)10-17-14-7-5-12(15)6-8-14/h5-8,13,16H,2-4,9-11,15H2,1H3. The van der Waals surface area contributed by atoms with Crippen molar-refractivity contribution in [2.24, 2.45) is 0 Å². The van der Waals surface area contributed by atoms with Gasteiger partial charge in [-0.3, -0.25) is 0 Å². The molecule has 1 aromatic rings. The van der Waals surface area contributed by atoms with Gasteiger partial charge in [-0.1, -0.05) is 19.8 Å². The van der Waals surface area contributed by atoms with E-state index in [1.54, 1.807) is 23.9 Å². The summed E-state index contributed by atoms with van der Waals surface area (Å²) in [5.41, 5.74) is 6.30. The first-order chi connectivity index (χ1) is 8.72. The van der Waals surface area contributed by atoms with Crippen LogP contribution in [0.4, 0.5) is 5.69 Å². The molecule has 3 nitrogen and oxygen atoms in total. The highest BCUT2D eigenvalue weighted by atomic mass is 32.2. The van der Waals surface area contributed by atoms with Gasteiger partial charge in [-0.05, 0) is 36.4 Å². The average Bonchev–Trinajstić information content (AvgIpc) is 2.38. The Morgan fingerprint density at radius 3 is 2.67 bits per heavy atom. The van der Waals surface area contributed by atoms with Crippen molar-refractivity contribution in [3.63, 3.8) is 0 Å². The lowest BCUT2D eigenvalue weighted by Gasteiger charge is -2.12. The summed E-state index contributed by atoms with van der Waals surface area (Å²) < 4.78 is 5.48. The van der Waals surface area contributed by atoms with Gasteiger partial charge in [0, 0.05) is 11.4 Å². The lowest BCUT2D eigenvalue weighted by atomic mass is 10.3. The third kappa shape index (κ3) is 6.77. The Bertz CT molecular complexity index is 316. The first-order valence-electron chi connectivity index (χ1n) is 6.46. The summed E-state index contributed by atoms with van der Waals surface area (Å²) in [6.45, 7) is 2.53. The van der Waals surface area contributed by atoms with Gasteiger partial charge in [-0.25, -0.2) is 0 Å². The molecule has 0 bridgehead atoms. The van der Waals surface area contributed by atoms with E-state index in [0.717, 1.165) is 22.9 Å². The second-order valence-corrected chi connectivity index (χ2v) is 5.47. The predicted molar refractivity (Wildman–Crippen MR) is 79.2 cm³/mol. The second-order valence-electron chi connectivity index (χ2n) is 4.32. The molecule has 0 amide bonds. The van der Waals surface area contributed by atoms with Crippen LogP contribution in [0.25, 0.3) is 0 Å². The van der Waals surface area contributed by atoms with E-state index in [2.05, 4.69) is 6.92 Å². The molecule has 0 aromatic heterocycles. The number of anilines is 1. The zero-order chi connectivity index (χ0) is 13.2. The molecule has 0 spiro atoms. The van der Waals surface area contributed by atoms with Crippen molar-refractivity contribution in [1.82, 2.24) is 0 Å². The molecule has 0 saturated carbocycles. The molecule has 0 fully saturated rings. The van der Waals surface area contributed by atoms with Crippen molar-refractivity contribution in [2.45, 2.75) is 32.3 Å². The average molecular weight is 269 g/mol. The van der Waals surface area contributed by atoms with Crippen LogP contribution in [0.3, 0.4) is 0 Å². The lowest BCUT2D eigenvalue weighted by molar-refractivity contribution is 0.126. The third-order valence-electron chi connectivity index (χ3n) is 2.52. The van der Waals surface area contributed by atoms with E-state index in [4.69, 9.17) is 10.5 Å². The molecule has 0 heterocycles. The van der Waals surface area contributed by atoms with E-state index >= 15 is 0 Å². The summed E-state index contributed by atoms with van der Waals surface area (Å²) in [6, 6.07) is 7.22. The van der Waals surface area contributed by atoms with E-state index < -0.39 is 6.10 Å². The van der Waals surface area contributed by atoms with E-state index in [1.165, 1.54) is 19.3 Å². The van der Waals surface area contributed by atoms with Crippen LogP contribution >= 0.6 is 11.8 Å². The van der Waals surface area contributed by atoms with Crippen LogP contribution in [0.5, 0.6) is 5.75 Å². The largest absolute Gasteiger partial charge is 0.491 e. The van der Waals surface area contributed by atoms with Gasteiger partial charge in [-0.2, -0.15) is 11.8 Å². The lowest BCUT2D eigenvalue weighted by Crippen LogP contribution is -2.20. The highest BCUT2D eigenvalue weighted by molar-refractivity contribution is 7.99. The van der Waals surface area contributed by atoms with Crippen LogP contribution in [0, 0.1) is 0 Å². The van der Waals surface area contributed by atoms with Crippen LogP contribution in [0.2, 0.25) is 0 Å². The van der Waals surface area contributed by atoms with Crippen molar-refractivity contribution < 1.29 is 9.84 Å². The number of aliphatic hydroxyl groups excluding tert-OH is 1. The van der Waals surface area contributed by atoms with Crippen LogP contribution in [-0.2, 0) is 0 Å². The molecule has 1 rings (SSSR count). The fourth-order valence-corrected chi connectivity index (χ4v) is 2.42. The second kappa shape index (κ2) is 9.11. The molecular formula is C14H23NO2S. The van der Waals surface area contributed by atoms with Crippen molar-refractivity contribution in [3.05, 3.63) is 24.3 Å². The van der Waals surface area contributed by atoms with Crippen LogP contribution < -0.4 is 10.5 Å². The number of rotatable bonds is 9. The molecule has 0 aliphatic carbocycles. The summed E-state index contributed by atoms with van der Waals surface area (Å²) in [4.78, 5) is 0. The number of ether oxygens (including phenoxy) is 1. The smallest absolute Gasteiger partial charge is 0.119 e. The number of hydrogen-bond acceptors (Lipinski definition) is 4. The molecule has 1 aromatic carbocycles. The summed E-state index contributed by atoms with van der Waals surface area (Å²) in [7, 11) is 0. The third-order valence-corrected chi connectivity index (χ3v) is 3.72. The molecule has 4 heteroatoms. The molecule has 0 radical (unpaired) electrons. The van der Waals surface area contributed by atoms with Crippen molar-refractivity contribution in [1.29, 1.82) is 0 Å². The minimum Gasteiger partial charge on any atom is -0.491 e. The number of nitrogen functional groups attached to an aromatic ring is 1. The SMILES string of the molecule is CCCCCSCC(O)COc1ccc(N)cc1. The first-order valence-corrected chi connectivity index (χ1v) is 7.62. The predicted octanol–water partition coefficient (Wildman–Crippen LogP) is 2.93. The minimum absolute atomic E-state index is 0.338. The topological polar surface area (TPSA) is 55.5 Å². The van der Waals surface area contributed by atoms with Gasteiger partial charge in [0.05, 0.1) is 6.10 Å². The van der Waals surface area contributed by atoms with Gasteiger partial charge in [-0.15, -0.1) is 0 Å². The van der Waals surface area contributed by atoms with Crippen molar-refractivity contribution in [3.8, 4) is 5.75 Å². The number of nitrogens with two attached hydrogens (primary N) is 1. The fraction of sp³-hybridized carbons (Fsp3) is 0.571. The van der Waals surface area contributed by atoms with Crippen molar-refractivity contribution >= 4 is 17.4 Å². The van der Waals surface area contributed by atoms with E-state index in [-0.39, 0.29) is 0 Å². The summed E-state index contributed by atoms with van der Waals surface area (Å²) >= 11 is 1.79. The molecular weight excluding hydrogens is 246 g/mol. The van der Waals surface area contributed by atoms with Crippen LogP contribution in [-0.4, -0.2) is 29.3 Å². The molecule has 3 N–H and O–H groups in total. The number of unbranched alkanes of at least 4 members (excludes halogenated alkanes) is 2. The Morgan fingerprint density at radius 2 is 2.00 bits per heavy atom. The van der Waals surface area contributed by atoms with E-state index in [1.807, 2.05) is 12.1 Å². The summed E-state index contributed by atoms with van der Waals surface area (Å²) in [5, 5.41) is 9.75. The Hall–Kier alpha value is -0.870.